The van der Waals surface area contributed by atoms with E-state index in [-0.39, 0.29) is 16.3 Å². The second-order valence-corrected chi connectivity index (χ2v) is 11.3. The van der Waals surface area contributed by atoms with E-state index in [1.807, 2.05) is 30.1 Å². The SMILES string of the molecule is CN1CCC(Oc2cc(NS(=O)(=O)c3ccc(-c4cccc(CC#N)c4)s3)ccc2C(F)(F)F)C1. The van der Waals surface area contributed by atoms with Gasteiger partial charge in [0.15, 0.2) is 0 Å². The van der Waals surface area contributed by atoms with Crippen LogP contribution >= 0.6 is 11.3 Å². The van der Waals surface area contributed by atoms with Crippen molar-refractivity contribution >= 4 is 27.0 Å². The molecule has 11 heteroatoms. The number of hydrogen-bond acceptors (Lipinski definition) is 6. The van der Waals surface area contributed by atoms with Crippen LogP contribution in [0.15, 0.2) is 58.8 Å². The van der Waals surface area contributed by atoms with Gasteiger partial charge >= 0.3 is 6.18 Å². The Kier molecular flexibility index (Phi) is 7.07. The number of benzene rings is 2. The standard InChI is InChI=1S/C24H22F3N3O3S2/c1-30-12-10-19(15-30)33-21-14-18(5-6-20(21)24(25,26)27)29-35(31,32)23-8-7-22(34-23)17-4-2-3-16(13-17)9-11-28/h2-8,13-14,19,29H,9-10,12,15H2,1H3. The van der Waals surface area contributed by atoms with Gasteiger partial charge in [-0.3, -0.25) is 4.72 Å². The molecule has 1 saturated heterocycles. The summed E-state index contributed by atoms with van der Waals surface area (Å²) >= 11 is 1.03. The largest absolute Gasteiger partial charge is 0.488 e. The van der Waals surface area contributed by atoms with Gasteiger partial charge in [-0.05, 0) is 54.9 Å². The molecular formula is C24H22F3N3O3S2. The lowest BCUT2D eigenvalue weighted by Gasteiger charge is -2.19. The van der Waals surface area contributed by atoms with Crippen molar-refractivity contribution in [2.45, 2.75) is 29.3 Å². The van der Waals surface area contributed by atoms with E-state index in [0.717, 1.165) is 40.7 Å². The monoisotopic (exact) mass is 521 g/mol. The molecule has 1 aliphatic heterocycles. The molecule has 3 aromatic rings. The van der Waals surface area contributed by atoms with Gasteiger partial charge in [-0.2, -0.15) is 18.4 Å². The van der Waals surface area contributed by atoms with Crippen molar-refractivity contribution in [2.24, 2.45) is 0 Å². The van der Waals surface area contributed by atoms with Crippen LogP contribution in [0.25, 0.3) is 10.4 Å². The summed E-state index contributed by atoms with van der Waals surface area (Å²) in [5, 5.41) is 8.90. The van der Waals surface area contributed by atoms with Crippen molar-refractivity contribution in [1.29, 1.82) is 5.26 Å². The third-order valence-corrected chi connectivity index (χ3v) is 8.53. The minimum Gasteiger partial charge on any atom is -0.488 e. The number of likely N-dealkylation sites (N-methyl/N-ethyl adjacent to an activating group) is 1. The van der Waals surface area contributed by atoms with Crippen molar-refractivity contribution in [2.75, 3.05) is 24.9 Å². The minimum atomic E-state index is -4.64. The zero-order valence-electron chi connectivity index (χ0n) is 18.7. The number of hydrogen-bond donors (Lipinski definition) is 1. The minimum absolute atomic E-state index is 0.0120. The van der Waals surface area contributed by atoms with Gasteiger partial charge in [0.1, 0.15) is 16.1 Å². The van der Waals surface area contributed by atoms with E-state index in [4.69, 9.17) is 10.00 Å². The molecule has 0 radical (unpaired) electrons. The molecule has 1 atom stereocenters. The van der Waals surface area contributed by atoms with Gasteiger partial charge in [0, 0.05) is 24.0 Å². The number of halogens is 3. The molecule has 184 valence electrons. The zero-order chi connectivity index (χ0) is 25.2. The third kappa shape index (κ3) is 5.96. The maximum absolute atomic E-state index is 13.5. The lowest BCUT2D eigenvalue weighted by Crippen LogP contribution is -2.23. The fourth-order valence-electron chi connectivity index (χ4n) is 3.84. The Morgan fingerprint density at radius 3 is 2.69 bits per heavy atom. The highest BCUT2D eigenvalue weighted by Crippen LogP contribution is 2.39. The molecule has 4 rings (SSSR count). The molecule has 0 bridgehead atoms. The van der Waals surface area contributed by atoms with Crippen molar-refractivity contribution in [3.63, 3.8) is 0 Å². The maximum atomic E-state index is 13.5. The summed E-state index contributed by atoms with van der Waals surface area (Å²) in [6.07, 6.45) is -4.23. The van der Waals surface area contributed by atoms with Crippen LogP contribution in [0.3, 0.4) is 0 Å². The number of sulfonamides is 1. The van der Waals surface area contributed by atoms with Crippen molar-refractivity contribution in [3.8, 4) is 22.3 Å². The molecule has 0 amide bonds. The third-order valence-electron chi connectivity index (χ3n) is 5.52. The molecule has 0 aliphatic carbocycles. The quantitative estimate of drug-likeness (QED) is 0.451. The summed E-state index contributed by atoms with van der Waals surface area (Å²) < 4.78 is 74.6. The van der Waals surface area contributed by atoms with E-state index >= 15 is 0 Å². The number of rotatable bonds is 7. The number of nitriles is 1. The molecular weight excluding hydrogens is 499 g/mol. The van der Waals surface area contributed by atoms with E-state index in [1.54, 1.807) is 12.1 Å². The Morgan fingerprint density at radius 1 is 1.20 bits per heavy atom. The van der Waals surface area contributed by atoms with Gasteiger partial charge in [0.2, 0.25) is 0 Å². The first-order valence-electron chi connectivity index (χ1n) is 10.7. The van der Waals surface area contributed by atoms with E-state index in [2.05, 4.69) is 10.8 Å². The fourth-order valence-corrected chi connectivity index (χ4v) is 6.19. The Morgan fingerprint density at radius 2 is 2.00 bits per heavy atom. The normalized spacial score (nSPS) is 16.7. The molecule has 6 nitrogen and oxygen atoms in total. The number of nitrogens with zero attached hydrogens (tertiary/aromatic N) is 2. The summed E-state index contributed by atoms with van der Waals surface area (Å²) in [6, 6.07) is 15.4. The van der Waals surface area contributed by atoms with Crippen molar-refractivity contribution in [3.05, 3.63) is 65.7 Å². The molecule has 1 N–H and O–H groups in total. The molecule has 2 heterocycles. The summed E-state index contributed by atoms with van der Waals surface area (Å²) in [5.74, 6) is -0.404. The lowest BCUT2D eigenvalue weighted by atomic mass is 10.1. The van der Waals surface area contributed by atoms with Gasteiger partial charge in [-0.1, -0.05) is 18.2 Å². The smallest absolute Gasteiger partial charge is 0.419 e. The van der Waals surface area contributed by atoms with E-state index in [9.17, 15) is 21.6 Å². The van der Waals surface area contributed by atoms with Gasteiger partial charge < -0.3 is 9.64 Å². The Labute approximate surface area is 205 Å². The van der Waals surface area contributed by atoms with Gasteiger partial charge in [0.25, 0.3) is 10.0 Å². The second-order valence-electron chi connectivity index (χ2n) is 8.26. The van der Waals surface area contributed by atoms with E-state index < -0.39 is 33.6 Å². The van der Waals surface area contributed by atoms with E-state index in [0.29, 0.717) is 24.4 Å². The van der Waals surface area contributed by atoms with Crippen LogP contribution < -0.4 is 9.46 Å². The van der Waals surface area contributed by atoms with Gasteiger partial charge in [-0.15, -0.1) is 11.3 Å². The lowest BCUT2D eigenvalue weighted by molar-refractivity contribution is -0.139. The number of thiophene rings is 1. The first kappa shape index (κ1) is 25.0. The zero-order valence-corrected chi connectivity index (χ0v) is 20.3. The van der Waals surface area contributed by atoms with Gasteiger partial charge in [-0.25, -0.2) is 8.42 Å². The number of anilines is 1. The molecule has 0 spiro atoms. The molecule has 1 aliphatic rings. The molecule has 35 heavy (non-hydrogen) atoms. The average molecular weight is 522 g/mol. The molecule has 2 aromatic carbocycles. The Bertz CT molecular complexity index is 1360. The van der Waals surface area contributed by atoms with E-state index in [1.165, 1.54) is 6.07 Å². The first-order chi connectivity index (χ1) is 16.5. The Balaban J connectivity index is 1.58. The van der Waals surface area contributed by atoms with Gasteiger partial charge in [0.05, 0.1) is 23.7 Å². The van der Waals surface area contributed by atoms with Crippen molar-refractivity contribution < 1.29 is 26.3 Å². The summed E-state index contributed by atoms with van der Waals surface area (Å²) in [5.41, 5.74) is 0.610. The van der Waals surface area contributed by atoms with Crippen LogP contribution in [-0.2, 0) is 22.6 Å². The highest BCUT2D eigenvalue weighted by atomic mass is 32.2. The van der Waals surface area contributed by atoms with Crippen molar-refractivity contribution in [1.82, 2.24) is 4.90 Å². The second kappa shape index (κ2) is 9.89. The van der Waals surface area contributed by atoms with Crippen LogP contribution in [0, 0.1) is 11.3 Å². The first-order valence-corrected chi connectivity index (χ1v) is 13.0. The number of nitrogens with one attached hydrogen (secondary N) is 1. The fraction of sp³-hybridized carbons (Fsp3) is 0.292. The molecule has 1 unspecified atom stereocenters. The molecule has 1 aromatic heterocycles. The maximum Gasteiger partial charge on any atom is 0.419 e. The highest BCUT2D eigenvalue weighted by Gasteiger charge is 2.36. The predicted molar refractivity (Wildman–Crippen MR) is 128 cm³/mol. The molecule has 0 saturated carbocycles. The van der Waals surface area contributed by atoms with Crippen LogP contribution in [0.5, 0.6) is 5.75 Å². The topological polar surface area (TPSA) is 82.4 Å². The molecule has 1 fully saturated rings. The number of alkyl halides is 3. The van der Waals surface area contributed by atoms with Crippen LogP contribution in [0.4, 0.5) is 18.9 Å². The number of ether oxygens (including phenoxy) is 1. The summed E-state index contributed by atoms with van der Waals surface area (Å²) in [7, 11) is -2.20. The van der Waals surface area contributed by atoms with Crippen LogP contribution in [0.2, 0.25) is 0 Å². The summed E-state index contributed by atoms with van der Waals surface area (Å²) in [4.78, 5) is 2.64. The average Bonchev–Trinajstić information content (AvgIpc) is 3.43. The number of likely N-dealkylation sites (tertiary alicyclic amines) is 1. The van der Waals surface area contributed by atoms with Crippen LogP contribution in [0.1, 0.15) is 17.5 Å². The predicted octanol–water partition coefficient (Wildman–Crippen LogP) is 5.38. The summed E-state index contributed by atoms with van der Waals surface area (Å²) in [6.45, 7) is 1.19. The highest BCUT2D eigenvalue weighted by molar-refractivity contribution is 7.94. The Hall–Kier alpha value is -3.07. The van der Waals surface area contributed by atoms with Crippen LogP contribution in [-0.4, -0.2) is 39.6 Å².